The van der Waals surface area contributed by atoms with E-state index in [-0.39, 0.29) is 46.9 Å². The summed E-state index contributed by atoms with van der Waals surface area (Å²) in [5.41, 5.74) is -0.390. The molecule has 2 amide bonds. The van der Waals surface area contributed by atoms with E-state index in [1.807, 2.05) is 0 Å². The highest BCUT2D eigenvalue weighted by molar-refractivity contribution is 5.97. The van der Waals surface area contributed by atoms with E-state index in [1.165, 1.54) is 19.3 Å². The van der Waals surface area contributed by atoms with Gasteiger partial charge >= 0.3 is 0 Å². The van der Waals surface area contributed by atoms with Crippen molar-refractivity contribution in [3.8, 4) is 0 Å². The van der Waals surface area contributed by atoms with Gasteiger partial charge < -0.3 is 25.2 Å². The van der Waals surface area contributed by atoms with E-state index in [0.29, 0.717) is 60.2 Å². The van der Waals surface area contributed by atoms with Crippen molar-refractivity contribution >= 4 is 17.6 Å². The van der Waals surface area contributed by atoms with E-state index >= 15 is 0 Å². The van der Waals surface area contributed by atoms with Crippen LogP contribution in [-0.4, -0.2) is 98.1 Å². The predicted molar refractivity (Wildman–Crippen MR) is 182 cm³/mol. The van der Waals surface area contributed by atoms with Gasteiger partial charge in [0.05, 0.1) is 6.10 Å². The summed E-state index contributed by atoms with van der Waals surface area (Å²) in [6.45, 7) is 16.5. The number of rotatable bonds is 7. The molecule has 4 aliphatic carbocycles. The van der Waals surface area contributed by atoms with Crippen molar-refractivity contribution in [3.63, 3.8) is 0 Å². The highest BCUT2D eigenvalue weighted by Crippen LogP contribution is 2.70. The number of piperazine rings is 1. The number of likely N-dealkylation sites (N-methyl/N-ethyl adjacent to an activating group) is 1. The number of carbonyl (C=O) groups excluding carboxylic acids is 3. The third-order valence-electron chi connectivity index (χ3n) is 15.3. The first kappa shape index (κ1) is 33.9. The van der Waals surface area contributed by atoms with Crippen molar-refractivity contribution < 1.29 is 19.1 Å². The number of carbonyl (C=O) groups is 3. The second-order valence-corrected chi connectivity index (χ2v) is 17.8. The number of nitrogens with zero attached hydrogens (tertiary/aromatic N) is 2. The molecule has 7 aliphatic rings. The molecule has 4 saturated carbocycles. The van der Waals surface area contributed by atoms with Crippen LogP contribution in [0.15, 0.2) is 0 Å². The summed E-state index contributed by atoms with van der Waals surface area (Å²) < 4.78 is 6.99. The Bertz CT molecular complexity index is 1200. The number of Topliss-reactive ketones (excluding diaryl/α,β-unsaturated/α-hetero) is 1. The predicted octanol–water partition coefficient (Wildman–Crippen LogP) is 3.81. The molecule has 7 fully saturated rings. The van der Waals surface area contributed by atoms with Gasteiger partial charge in [-0.1, -0.05) is 27.7 Å². The van der Waals surface area contributed by atoms with Gasteiger partial charge in [0.25, 0.3) is 0 Å². The Hall–Kier alpha value is -1.55. The van der Waals surface area contributed by atoms with Crippen molar-refractivity contribution in [1.82, 2.24) is 25.8 Å². The van der Waals surface area contributed by atoms with Crippen LogP contribution in [0.4, 0.5) is 0 Å². The molecule has 3 heterocycles. The molecule has 3 aliphatic heterocycles. The number of amides is 2. The normalized spacial score (nSPS) is 46.7. The van der Waals surface area contributed by atoms with Gasteiger partial charge in [-0.3, -0.25) is 19.7 Å². The van der Waals surface area contributed by atoms with E-state index in [9.17, 15) is 14.4 Å². The van der Waals surface area contributed by atoms with Crippen LogP contribution in [0.2, 0.25) is 0 Å². The Labute approximate surface area is 283 Å². The smallest absolute Gasteiger partial charge is 0.229 e. The Morgan fingerprint density at radius 2 is 1.77 bits per heavy atom. The summed E-state index contributed by atoms with van der Waals surface area (Å²) >= 11 is 0. The summed E-state index contributed by atoms with van der Waals surface area (Å²) in [6, 6.07) is 0.119. The Kier molecular flexibility index (Phi) is 9.36. The van der Waals surface area contributed by atoms with Crippen LogP contribution in [0, 0.1) is 52.3 Å². The van der Waals surface area contributed by atoms with Crippen LogP contribution in [0.25, 0.3) is 0 Å². The molecule has 0 radical (unpaired) electrons. The van der Waals surface area contributed by atoms with Crippen LogP contribution in [0.5, 0.6) is 0 Å². The van der Waals surface area contributed by atoms with Gasteiger partial charge in [0.2, 0.25) is 11.8 Å². The standard InChI is InChI=1S/C38H63N5O4/c1-24-9-12-38(40-23-24)25(2)35-31(47-38)20-30-28-8-7-26-19-27(10-11-36(26,3)29(28)21-32(44)37(30,35)4)41-34(46)22-33(45)39-13-6-14-43-17-15-42(5)16-18-43/h24-31,35,40H,6-23H2,1-5H3,(H,39,45)(H,41,46)/t24-,25+,26+,27-,28?,29+,30+,31+,35+,36+,37-,38-/m1/s1. The lowest BCUT2D eigenvalue weighted by molar-refractivity contribution is -0.160. The monoisotopic (exact) mass is 653 g/mol. The van der Waals surface area contributed by atoms with E-state index in [0.717, 1.165) is 77.8 Å². The van der Waals surface area contributed by atoms with Gasteiger partial charge in [0.1, 0.15) is 17.9 Å². The Morgan fingerprint density at radius 1 is 0.979 bits per heavy atom. The maximum absolute atomic E-state index is 14.4. The number of piperidine rings is 1. The molecule has 0 aromatic carbocycles. The molecule has 3 saturated heterocycles. The maximum Gasteiger partial charge on any atom is 0.229 e. The molecule has 1 unspecified atom stereocenters. The quantitative estimate of drug-likeness (QED) is 0.284. The van der Waals surface area contributed by atoms with Crippen LogP contribution in [-0.2, 0) is 19.1 Å². The van der Waals surface area contributed by atoms with Crippen molar-refractivity contribution in [2.45, 2.75) is 116 Å². The molecule has 0 aromatic heterocycles. The minimum Gasteiger partial charge on any atom is -0.357 e. The summed E-state index contributed by atoms with van der Waals surface area (Å²) in [5.74, 6) is 3.46. The molecule has 1 spiro atoms. The summed E-state index contributed by atoms with van der Waals surface area (Å²) in [5, 5.41) is 10.0. The number of nitrogens with one attached hydrogen (secondary N) is 3. The maximum atomic E-state index is 14.4. The highest BCUT2D eigenvalue weighted by atomic mass is 16.5. The van der Waals surface area contributed by atoms with E-state index in [4.69, 9.17) is 4.74 Å². The minimum atomic E-state index is -0.279. The average Bonchev–Trinajstić information content (AvgIpc) is 3.49. The second-order valence-electron chi connectivity index (χ2n) is 17.8. The zero-order valence-electron chi connectivity index (χ0n) is 30.0. The van der Waals surface area contributed by atoms with Crippen LogP contribution < -0.4 is 16.0 Å². The molecule has 47 heavy (non-hydrogen) atoms. The molecule has 12 atom stereocenters. The first-order valence-corrected chi connectivity index (χ1v) is 19.4. The SMILES string of the molecule is C[C@@H]1CC[C@@]2(NC1)O[C@H]1C[C@H]3C4CC[C@H]5C[C@H](NC(=O)CC(=O)NCCCN6CCN(C)CC6)CC[C@]5(C)[C@H]4CC(=O)[C@]3(C)[C@H]1[C@@H]2C. The minimum absolute atomic E-state index is 0.0922. The summed E-state index contributed by atoms with van der Waals surface area (Å²) in [6.07, 6.45) is 10.3. The molecule has 9 heteroatoms. The van der Waals surface area contributed by atoms with E-state index in [1.54, 1.807) is 0 Å². The molecule has 264 valence electrons. The fourth-order valence-corrected chi connectivity index (χ4v) is 12.4. The van der Waals surface area contributed by atoms with Crippen molar-refractivity contribution in [3.05, 3.63) is 0 Å². The van der Waals surface area contributed by atoms with E-state index in [2.05, 4.69) is 60.5 Å². The highest BCUT2D eigenvalue weighted by Gasteiger charge is 2.71. The number of ketones is 1. The van der Waals surface area contributed by atoms with Crippen molar-refractivity contribution in [2.75, 3.05) is 52.9 Å². The molecule has 0 aromatic rings. The van der Waals surface area contributed by atoms with Crippen molar-refractivity contribution in [2.24, 2.45) is 52.3 Å². The molecule has 3 N–H and O–H groups in total. The lowest BCUT2D eigenvalue weighted by atomic mass is 9.44. The average molecular weight is 654 g/mol. The molecule has 9 nitrogen and oxygen atoms in total. The number of fused-ring (bicyclic) bond motifs is 7. The molecular weight excluding hydrogens is 590 g/mol. The zero-order chi connectivity index (χ0) is 33.1. The van der Waals surface area contributed by atoms with E-state index < -0.39 is 0 Å². The third kappa shape index (κ3) is 6.01. The Morgan fingerprint density at radius 3 is 2.51 bits per heavy atom. The van der Waals surface area contributed by atoms with Gasteiger partial charge in [-0.2, -0.15) is 0 Å². The van der Waals surface area contributed by atoms with Gasteiger partial charge in [-0.05, 0) is 106 Å². The topological polar surface area (TPSA) is 103 Å². The lowest BCUT2D eigenvalue weighted by Crippen LogP contribution is -2.60. The van der Waals surface area contributed by atoms with Gasteiger partial charge in [-0.25, -0.2) is 0 Å². The van der Waals surface area contributed by atoms with Crippen LogP contribution >= 0.6 is 0 Å². The van der Waals surface area contributed by atoms with Crippen LogP contribution in [0.1, 0.15) is 98.3 Å². The Balaban J connectivity index is 0.908. The number of hydrogen-bond donors (Lipinski definition) is 3. The number of ether oxygens (including phenoxy) is 1. The first-order chi connectivity index (χ1) is 22.4. The fourth-order valence-electron chi connectivity index (χ4n) is 12.4. The van der Waals surface area contributed by atoms with Gasteiger partial charge in [-0.15, -0.1) is 0 Å². The largest absolute Gasteiger partial charge is 0.357 e. The molecule has 7 rings (SSSR count). The van der Waals surface area contributed by atoms with Gasteiger partial charge in [0, 0.05) is 69.0 Å². The second kappa shape index (κ2) is 13.0. The first-order valence-electron chi connectivity index (χ1n) is 19.4. The molecule has 0 bridgehead atoms. The lowest BCUT2D eigenvalue weighted by Gasteiger charge is -2.60. The van der Waals surface area contributed by atoms with Crippen molar-refractivity contribution in [1.29, 1.82) is 0 Å². The number of hydrogen-bond acceptors (Lipinski definition) is 7. The fraction of sp³-hybridized carbons (Fsp3) is 0.921. The van der Waals surface area contributed by atoms with Crippen LogP contribution in [0.3, 0.4) is 0 Å². The zero-order valence-corrected chi connectivity index (χ0v) is 30.0. The summed E-state index contributed by atoms with van der Waals surface area (Å²) in [7, 11) is 2.16. The third-order valence-corrected chi connectivity index (χ3v) is 15.3. The summed E-state index contributed by atoms with van der Waals surface area (Å²) in [4.78, 5) is 44.6. The van der Waals surface area contributed by atoms with Gasteiger partial charge in [0.15, 0.2) is 0 Å². The molecular formula is C38H63N5O4.